The fourth-order valence-electron chi connectivity index (χ4n) is 2.62. The van der Waals surface area contributed by atoms with E-state index in [0.717, 1.165) is 43.9 Å². The molecule has 0 spiro atoms. The van der Waals surface area contributed by atoms with Crippen molar-refractivity contribution in [2.24, 2.45) is 0 Å². The third kappa shape index (κ3) is 1.98. The fraction of sp³-hybridized carbons (Fsp3) is 0.429. The van der Waals surface area contributed by atoms with Crippen LogP contribution in [0.25, 0.3) is 5.65 Å². The standard InChI is InChI=1S/C14H16N4/c1-2-8-17-10-6-12(7-11-17)14-16-15-13-5-3-4-9-18(13)14/h1,3-5,9,12H,6-8,10-11H2. The van der Waals surface area contributed by atoms with Gasteiger partial charge < -0.3 is 0 Å². The van der Waals surface area contributed by atoms with Crippen molar-refractivity contribution < 1.29 is 0 Å². The Hall–Kier alpha value is -1.86. The van der Waals surface area contributed by atoms with Crippen LogP contribution < -0.4 is 0 Å². The van der Waals surface area contributed by atoms with Crippen LogP contribution in [0, 0.1) is 12.3 Å². The van der Waals surface area contributed by atoms with E-state index in [2.05, 4.69) is 25.4 Å². The number of piperidine rings is 1. The Labute approximate surface area is 107 Å². The zero-order chi connectivity index (χ0) is 12.4. The average Bonchev–Trinajstić information content (AvgIpc) is 2.84. The van der Waals surface area contributed by atoms with Crippen molar-refractivity contribution in [2.45, 2.75) is 18.8 Å². The molecule has 0 saturated carbocycles. The van der Waals surface area contributed by atoms with Crippen molar-refractivity contribution in [3.8, 4) is 12.3 Å². The van der Waals surface area contributed by atoms with E-state index in [0.29, 0.717) is 5.92 Å². The van der Waals surface area contributed by atoms with E-state index in [4.69, 9.17) is 6.42 Å². The molecule has 0 unspecified atom stereocenters. The molecule has 0 aromatic carbocycles. The van der Waals surface area contributed by atoms with E-state index in [1.807, 2.05) is 24.4 Å². The highest BCUT2D eigenvalue weighted by molar-refractivity contribution is 5.37. The van der Waals surface area contributed by atoms with Gasteiger partial charge in [-0.3, -0.25) is 9.30 Å². The molecule has 18 heavy (non-hydrogen) atoms. The fourth-order valence-corrected chi connectivity index (χ4v) is 2.62. The Morgan fingerprint density at radius 2 is 2.11 bits per heavy atom. The zero-order valence-corrected chi connectivity index (χ0v) is 10.3. The Bertz CT molecular complexity index is 573. The highest BCUT2D eigenvalue weighted by atomic mass is 15.2. The first kappa shape index (κ1) is 11.2. The molecule has 4 heteroatoms. The van der Waals surface area contributed by atoms with Gasteiger partial charge in [0, 0.05) is 12.1 Å². The number of fused-ring (bicyclic) bond motifs is 1. The lowest BCUT2D eigenvalue weighted by Crippen LogP contribution is -2.33. The van der Waals surface area contributed by atoms with Crippen LogP contribution in [0.15, 0.2) is 24.4 Å². The van der Waals surface area contributed by atoms with Crippen molar-refractivity contribution in [2.75, 3.05) is 19.6 Å². The van der Waals surface area contributed by atoms with E-state index >= 15 is 0 Å². The predicted octanol–water partition coefficient (Wildman–Crippen LogP) is 1.54. The lowest BCUT2D eigenvalue weighted by Gasteiger charge is -2.29. The average molecular weight is 240 g/mol. The molecule has 1 saturated heterocycles. The number of likely N-dealkylation sites (tertiary alicyclic amines) is 1. The van der Waals surface area contributed by atoms with Crippen LogP contribution in [0.5, 0.6) is 0 Å². The maximum atomic E-state index is 5.34. The molecule has 4 nitrogen and oxygen atoms in total. The van der Waals surface area contributed by atoms with Crippen molar-refractivity contribution in [3.63, 3.8) is 0 Å². The molecule has 3 heterocycles. The quantitative estimate of drug-likeness (QED) is 0.747. The molecule has 0 radical (unpaired) electrons. The van der Waals surface area contributed by atoms with Gasteiger partial charge in [-0.25, -0.2) is 0 Å². The second kappa shape index (κ2) is 4.79. The van der Waals surface area contributed by atoms with Crippen LogP contribution in [0.1, 0.15) is 24.6 Å². The Morgan fingerprint density at radius 1 is 1.28 bits per heavy atom. The minimum absolute atomic E-state index is 0.497. The molecule has 3 rings (SSSR count). The summed E-state index contributed by atoms with van der Waals surface area (Å²) in [6.07, 6.45) is 9.60. The Balaban J connectivity index is 1.79. The predicted molar refractivity (Wildman–Crippen MR) is 70.2 cm³/mol. The van der Waals surface area contributed by atoms with E-state index < -0.39 is 0 Å². The molecule has 1 fully saturated rings. The Morgan fingerprint density at radius 3 is 2.89 bits per heavy atom. The molecule has 0 amide bonds. The van der Waals surface area contributed by atoms with Gasteiger partial charge in [-0.2, -0.15) is 0 Å². The summed E-state index contributed by atoms with van der Waals surface area (Å²) >= 11 is 0. The minimum atomic E-state index is 0.497. The third-order valence-electron chi connectivity index (χ3n) is 3.61. The molecule has 1 aliphatic heterocycles. The van der Waals surface area contributed by atoms with Gasteiger partial charge in [0.25, 0.3) is 0 Å². The maximum Gasteiger partial charge on any atom is 0.160 e. The van der Waals surface area contributed by atoms with E-state index in [9.17, 15) is 0 Å². The summed E-state index contributed by atoms with van der Waals surface area (Å²) in [6.45, 7) is 2.86. The second-order valence-corrected chi connectivity index (χ2v) is 4.74. The van der Waals surface area contributed by atoms with Gasteiger partial charge in [-0.1, -0.05) is 12.0 Å². The molecule has 0 aliphatic carbocycles. The summed E-state index contributed by atoms with van der Waals surface area (Å²) in [7, 11) is 0. The summed E-state index contributed by atoms with van der Waals surface area (Å²) < 4.78 is 2.10. The first-order valence-electron chi connectivity index (χ1n) is 6.34. The molecular formula is C14H16N4. The van der Waals surface area contributed by atoms with Crippen molar-refractivity contribution in [3.05, 3.63) is 30.2 Å². The molecule has 2 aromatic heterocycles. The van der Waals surface area contributed by atoms with Crippen LogP contribution in [-0.4, -0.2) is 39.1 Å². The molecule has 0 bridgehead atoms. The summed E-state index contributed by atoms with van der Waals surface area (Å²) in [6, 6.07) is 6.00. The van der Waals surface area contributed by atoms with Crippen LogP contribution in [-0.2, 0) is 0 Å². The van der Waals surface area contributed by atoms with Gasteiger partial charge >= 0.3 is 0 Å². The van der Waals surface area contributed by atoms with Gasteiger partial charge in [0.05, 0.1) is 6.54 Å². The number of hydrogen-bond donors (Lipinski definition) is 0. The highest BCUT2D eigenvalue weighted by Gasteiger charge is 2.23. The summed E-state index contributed by atoms with van der Waals surface area (Å²) in [4.78, 5) is 2.32. The minimum Gasteiger partial charge on any atom is -0.292 e. The lowest BCUT2D eigenvalue weighted by atomic mass is 9.96. The van der Waals surface area contributed by atoms with Gasteiger partial charge in [0.1, 0.15) is 5.82 Å². The molecule has 2 aromatic rings. The maximum absolute atomic E-state index is 5.34. The SMILES string of the molecule is C#CCN1CCC(c2nnc3ccccn23)CC1. The van der Waals surface area contributed by atoms with E-state index in [1.165, 1.54) is 0 Å². The zero-order valence-electron chi connectivity index (χ0n) is 10.3. The van der Waals surface area contributed by atoms with E-state index in [-0.39, 0.29) is 0 Å². The summed E-state index contributed by atoms with van der Waals surface area (Å²) in [5.41, 5.74) is 0.929. The largest absolute Gasteiger partial charge is 0.292 e. The Kier molecular flexibility index (Phi) is 2.99. The number of aromatic nitrogens is 3. The number of rotatable bonds is 2. The molecule has 1 aliphatic rings. The number of terminal acetylenes is 1. The van der Waals surface area contributed by atoms with Crippen LogP contribution in [0.4, 0.5) is 0 Å². The normalized spacial score (nSPS) is 17.9. The van der Waals surface area contributed by atoms with Crippen LogP contribution in [0.2, 0.25) is 0 Å². The van der Waals surface area contributed by atoms with Crippen molar-refractivity contribution in [1.82, 2.24) is 19.5 Å². The van der Waals surface area contributed by atoms with E-state index in [1.54, 1.807) is 0 Å². The smallest absolute Gasteiger partial charge is 0.160 e. The summed E-state index contributed by atoms with van der Waals surface area (Å²) in [5, 5.41) is 8.56. The molecular weight excluding hydrogens is 224 g/mol. The number of pyridine rings is 1. The van der Waals surface area contributed by atoms with Crippen molar-refractivity contribution >= 4 is 5.65 Å². The second-order valence-electron chi connectivity index (χ2n) is 4.74. The van der Waals surface area contributed by atoms with Crippen LogP contribution >= 0.6 is 0 Å². The summed E-state index contributed by atoms with van der Waals surface area (Å²) in [5.74, 6) is 4.29. The topological polar surface area (TPSA) is 33.4 Å². The third-order valence-corrected chi connectivity index (χ3v) is 3.61. The van der Waals surface area contributed by atoms with Gasteiger partial charge in [0.2, 0.25) is 0 Å². The monoisotopic (exact) mass is 240 g/mol. The van der Waals surface area contributed by atoms with Gasteiger partial charge in [-0.15, -0.1) is 16.6 Å². The first-order valence-corrected chi connectivity index (χ1v) is 6.34. The molecule has 0 N–H and O–H groups in total. The van der Waals surface area contributed by atoms with Crippen LogP contribution in [0.3, 0.4) is 0 Å². The highest BCUT2D eigenvalue weighted by Crippen LogP contribution is 2.26. The first-order chi connectivity index (χ1) is 8.88. The number of hydrogen-bond acceptors (Lipinski definition) is 3. The van der Waals surface area contributed by atoms with Crippen molar-refractivity contribution in [1.29, 1.82) is 0 Å². The molecule has 0 atom stereocenters. The number of nitrogens with zero attached hydrogens (tertiary/aromatic N) is 4. The molecule has 92 valence electrons. The lowest BCUT2D eigenvalue weighted by molar-refractivity contribution is 0.231. The van der Waals surface area contributed by atoms with Gasteiger partial charge in [0.15, 0.2) is 5.65 Å². The van der Waals surface area contributed by atoms with Gasteiger partial charge in [-0.05, 0) is 38.1 Å².